The number of ketones is 1. The minimum atomic E-state index is -3.52. The Morgan fingerprint density at radius 2 is 1.40 bits per heavy atom. The molecule has 0 saturated heterocycles. The molecule has 490 valence electrons. The predicted molar refractivity (Wildman–Crippen MR) is 347 cm³/mol. The van der Waals surface area contributed by atoms with Gasteiger partial charge in [-0.2, -0.15) is 5.10 Å². The van der Waals surface area contributed by atoms with Crippen LogP contribution in [0.5, 0.6) is 11.6 Å². The number of aryl methyl sites for hydroxylation is 4. The molecule has 0 spiro atoms. The average molecular weight is 1360 g/mol. The van der Waals surface area contributed by atoms with Gasteiger partial charge in [0.25, 0.3) is 11.1 Å². The second-order valence-electron chi connectivity index (χ2n) is 22.1. The normalized spacial score (nSPS) is 15.1. The SMILES string of the molecule is CCOC(=O)C1=NN(c2ccc(Cl)cc2Cl)C(C)(C(=O)OCC)C1.CCc1cc(C)cc(CC)c1-c1c(OC(=O)C(C)(C)C)n2n(c1=O)CCOCC2.Cc1c(C(=O)c2c[nH]n(C)c2=O)ccc(S(C)(=O)=O)c1C1=NOCC1.O=C(O)COc1ccc(Cl)cc1Cl. The van der Waals surface area contributed by atoms with Crippen LogP contribution >= 0.6 is 46.4 Å². The minimum Gasteiger partial charge on any atom is -0.480 e. The van der Waals surface area contributed by atoms with Crippen molar-refractivity contribution in [3.8, 4) is 22.8 Å². The molecule has 6 aromatic rings. The summed E-state index contributed by atoms with van der Waals surface area (Å²) in [7, 11) is -2.02. The number of benzene rings is 4. The minimum absolute atomic E-state index is 0.00623. The van der Waals surface area contributed by atoms with Crippen molar-refractivity contribution < 1.29 is 66.0 Å². The number of ether oxygens (including phenoxy) is 5. The van der Waals surface area contributed by atoms with Crippen molar-refractivity contribution in [2.75, 3.05) is 50.9 Å². The van der Waals surface area contributed by atoms with Crippen LogP contribution in [0.25, 0.3) is 11.1 Å². The van der Waals surface area contributed by atoms with E-state index in [-0.39, 0.29) is 52.9 Å². The van der Waals surface area contributed by atoms with Gasteiger partial charge in [-0.3, -0.25) is 23.9 Å². The van der Waals surface area contributed by atoms with Crippen molar-refractivity contribution in [1.82, 2.24) is 19.1 Å². The largest absolute Gasteiger partial charge is 0.480 e. The molecular weight excluding hydrogens is 1280 g/mol. The number of aromatic nitrogens is 4. The summed E-state index contributed by atoms with van der Waals surface area (Å²) >= 11 is 23.5. The number of halogens is 4. The van der Waals surface area contributed by atoms with E-state index in [9.17, 15) is 42.0 Å². The van der Waals surface area contributed by atoms with E-state index in [1.807, 2.05) is 20.8 Å². The molecule has 0 fully saturated rings. The number of sulfone groups is 1. The van der Waals surface area contributed by atoms with Gasteiger partial charge in [0, 0.05) is 53.5 Å². The maximum Gasteiger partial charge on any atom is 0.354 e. The Balaban J connectivity index is 0.000000199. The molecule has 1 atom stereocenters. The van der Waals surface area contributed by atoms with Gasteiger partial charge in [-0.15, -0.1) is 0 Å². The first-order valence-electron chi connectivity index (χ1n) is 28.9. The van der Waals surface area contributed by atoms with Crippen LogP contribution < -0.4 is 25.6 Å². The number of hydrazone groups is 1. The van der Waals surface area contributed by atoms with Gasteiger partial charge in [0.2, 0.25) is 5.88 Å². The van der Waals surface area contributed by atoms with Crippen molar-refractivity contribution >= 4 is 103 Å². The first-order valence-corrected chi connectivity index (χ1v) is 32.3. The molecule has 23 nitrogen and oxygen atoms in total. The monoisotopic (exact) mass is 1360 g/mol. The number of rotatable bonds is 16. The summed E-state index contributed by atoms with van der Waals surface area (Å²) in [6, 6.07) is 16.5. The second-order valence-corrected chi connectivity index (χ2v) is 25.8. The Hall–Kier alpha value is -7.74. The lowest BCUT2D eigenvalue weighted by Gasteiger charge is -2.32. The van der Waals surface area contributed by atoms with Crippen LogP contribution in [0.3, 0.4) is 0 Å². The number of carboxylic acid groups (broad SMARTS) is 1. The molecule has 2 N–H and O–H groups in total. The summed E-state index contributed by atoms with van der Waals surface area (Å²) in [5, 5.41) is 22.1. The molecule has 3 aliphatic rings. The van der Waals surface area contributed by atoms with Gasteiger partial charge in [0.05, 0.1) is 71.3 Å². The fourth-order valence-corrected chi connectivity index (χ4v) is 11.7. The number of fused-ring (bicyclic) bond motifs is 1. The molecule has 1 unspecified atom stereocenters. The van der Waals surface area contributed by atoms with Gasteiger partial charge < -0.3 is 38.7 Å². The molecule has 2 aromatic heterocycles. The van der Waals surface area contributed by atoms with Gasteiger partial charge in [-0.25, -0.2) is 37.2 Å². The van der Waals surface area contributed by atoms with Gasteiger partial charge in [0.1, 0.15) is 29.2 Å². The number of carbonyl (C=O) groups excluding carboxylic acids is 4. The summed E-state index contributed by atoms with van der Waals surface area (Å²) in [5.41, 5.74) is 4.50. The number of carboxylic acids is 1. The number of nitrogens with zero attached hydrogens (tertiary/aromatic N) is 6. The number of aromatic amines is 1. The van der Waals surface area contributed by atoms with E-state index in [4.69, 9.17) is 80.0 Å². The molecule has 9 rings (SSSR count). The molecule has 5 heterocycles. The Labute approximate surface area is 546 Å². The molecule has 0 bridgehead atoms. The number of anilines is 1. The van der Waals surface area contributed by atoms with E-state index < -0.39 is 56.6 Å². The maximum absolute atomic E-state index is 13.5. The third-order valence-corrected chi connectivity index (χ3v) is 16.5. The smallest absolute Gasteiger partial charge is 0.354 e. The summed E-state index contributed by atoms with van der Waals surface area (Å²) in [4.78, 5) is 90.9. The van der Waals surface area contributed by atoms with E-state index >= 15 is 0 Å². The topological polar surface area (TPSA) is 288 Å². The third kappa shape index (κ3) is 17.3. The van der Waals surface area contributed by atoms with Crippen LogP contribution in [-0.2, 0) is 81.0 Å². The third-order valence-electron chi connectivity index (χ3n) is 14.3. The molecule has 0 amide bonds. The molecule has 91 heavy (non-hydrogen) atoms. The van der Waals surface area contributed by atoms with Crippen LogP contribution in [0.15, 0.2) is 91.6 Å². The molecule has 3 aliphatic heterocycles. The zero-order valence-electron chi connectivity index (χ0n) is 52.5. The highest BCUT2D eigenvalue weighted by molar-refractivity contribution is 7.90. The zero-order valence-corrected chi connectivity index (χ0v) is 56.4. The van der Waals surface area contributed by atoms with Gasteiger partial charge in [-0.05, 0) is 139 Å². The maximum atomic E-state index is 13.5. The molecule has 0 saturated carbocycles. The quantitative estimate of drug-likeness (QED) is 0.0672. The van der Waals surface area contributed by atoms with Crippen molar-refractivity contribution in [1.29, 1.82) is 0 Å². The summed E-state index contributed by atoms with van der Waals surface area (Å²) < 4.78 is 55.4. The first-order chi connectivity index (χ1) is 42.8. The second kappa shape index (κ2) is 31.1. The summed E-state index contributed by atoms with van der Waals surface area (Å²) in [5.74, 6) is -2.29. The van der Waals surface area contributed by atoms with Gasteiger partial charge in [0.15, 0.2) is 27.8 Å². The number of esters is 3. The zero-order chi connectivity index (χ0) is 67.4. The van der Waals surface area contributed by atoms with Crippen LogP contribution in [0.1, 0.15) is 112 Å². The van der Waals surface area contributed by atoms with E-state index in [0.29, 0.717) is 99.1 Å². The molecule has 0 aliphatic carbocycles. The van der Waals surface area contributed by atoms with Crippen molar-refractivity contribution in [3.05, 3.63) is 147 Å². The van der Waals surface area contributed by atoms with Crippen LogP contribution in [0.2, 0.25) is 20.1 Å². The van der Waals surface area contributed by atoms with E-state index in [1.54, 1.807) is 61.3 Å². The van der Waals surface area contributed by atoms with Crippen molar-refractivity contribution in [2.24, 2.45) is 22.7 Å². The Morgan fingerprint density at radius 1 is 0.780 bits per heavy atom. The number of carbonyl (C=O) groups is 5. The average Bonchev–Trinajstić information content (AvgIpc) is 1.66. The number of hydrogen-bond acceptors (Lipinski definition) is 18. The fourth-order valence-electron chi connectivity index (χ4n) is 9.79. The van der Waals surface area contributed by atoms with E-state index in [2.05, 4.69) is 48.3 Å². The van der Waals surface area contributed by atoms with Crippen LogP contribution in [0.4, 0.5) is 5.69 Å². The Morgan fingerprint density at radius 3 is 1.92 bits per heavy atom. The molecular formula is C63H73Cl4N7O16S. The standard InChI is InChI=1S/C23H32N2O4.C16H18Cl2N2O4.C16H17N3O5S.C8H6Cl2O3/c1-7-16-13-15(3)14-17(8-2)18(16)19-20(26)24-9-11-28-12-10-25(24)21(19)29-22(27)23(4,5)6;1-4-23-14(21)12-9-16(3,15(22)24-5-2)20(19-12)13-7-6-10(17)8-11(13)18;1-9-10(15(20)11-8-17-19(2)16(11)21)4-5-13(25(3,22)23)14(9)12-6-7-24-18-12;9-5-1-2-7(6(10)3-5)13-4-8(11)12/h13-14H,7-12H2,1-6H3;6-8H,4-5,9H2,1-3H3;4-5,8,17H,6-7H2,1-3H3;1-3H,4H2,(H,11,12). The Bertz CT molecular complexity index is 4030. The van der Waals surface area contributed by atoms with Gasteiger partial charge in [-0.1, -0.05) is 83.1 Å². The lowest BCUT2D eigenvalue weighted by molar-refractivity contribution is -0.148. The van der Waals surface area contributed by atoms with Crippen molar-refractivity contribution in [3.63, 3.8) is 0 Å². The lowest BCUT2D eigenvalue weighted by atomic mass is 9.91. The molecule has 4 aromatic carbocycles. The number of nitrogens with one attached hydrogen (secondary N) is 1. The number of aliphatic carboxylic acids is 1. The summed E-state index contributed by atoms with van der Waals surface area (Å²) in [6.45, 7) is 20.6. The highest BCUT2D eigenvalue weighted by Gasteiger charge is 2.50. The Kier molecular flexibility index (Phi) is 24.7. The van der Waals surface area contributed by atoms with Crippen LogP contribution in [0, 0.1) is 19.3 Å². The highest BCUT2D eigenvalue weighted by Crippen LogP contribution is 2.40. The molecule has 28 heteroatoms. The van der Waals surface area contributed by atoms with Gasteiger partial charge >= 0.3 is 23.9 Å². The highest BCUT2D eigenvalue weighted by atomic mass is 35.5. The lowest BCUT2D eigenvalue weighted by Crippen LogP contribution is -2.48. The summed E-state index contributed by atoms with van der Waals surface area (Å²) in [6.07, 6.45) is 4.54. The van der Waals surface area contributed by atoms with Crippen molar-refractivity contribution in [2.45, 2.75) is 118 Å². The van der Waals surface area contributed by atoms with E-state index in [1.165, 1.54) is 52.8 Å². The molecule has 0 radical (unpaired) electrons. The number of H-pyrrole nitrogens is 1. The number of hydrogen-bond donors (Lipinski definition) is 2. The van der Waals surface area contributed by atoms with E-state index in [0.717, 1.165) is 35.8 Å². The predicted octanol–water partition coefficient (Wildman–Crippen LogP) is 10.4. The van der Waals surface area contributed by atoms with Crippen LogP contribution in [-0.4, -0.2) is 125 Å². The fraction of sp³-hybridized carbons (Fsp3) is 0.413. The number of oxime groups is 1. The first kappa shape index (κ1) is 72.3.